The van der Waals surface area contributed by atoms with Crippen molar-refractivity contribution in [2.24, 2.45) is 0 Å². The van der Waals surface area contributed by atoms with Crippen LogP contribution in [0.25, 0.3) is 0 Å². The third kappa shape index (κ3) is 9.72. The van der Waals surface area contributed by atoms with Gasteiger partial charge in [0, 0.05) is 6.08 Å². The lowest BCUT2D eigenvalue weighted by molar-refractivity contribution is -0.137. The molecule has 0 aliphatic heterocycles. The van der Waals surface area contributed by atoms with Crippen LogP contribution in [0, 0.1) is 0 Å². The second kappa shape index (κ2) is 15.0. The predicted octanol–water partition coefficient (Wildman–Crippen LogP) is 6.16. The van der Waals surface area contributed by atoms with Crippen LogP contribution in [-0.2, 0) is 16.1 Å². The van der Waals surface area contributed by atoms with E-state index in [-0.39, 0.29) is 5.97 Å². The summed E-state index contributed by atoms with van der Waals surface area (Å²) in [6.45, 7) is 4.76. The topological polar surface area (TPSA) is 80.3 Å². The highest BCUT2D eigenvalue weighted by Crippen LogP contribution is 2.21. The molecule has 194 valence electrons. The summed E-state index contributed by atoms with van der Waals surface area (Å²) in [7, 11) is 1.63. The highest BCUT2D eigenvalue weighted by molar-refractivity contribution is 5.91. The van der Waals surface area contributed by atoms with E-state index in [0.717, 1.165) is 43.1 Å². The van der Waals surface area contributed by atoms with E-state index in [9.17, 15) is 9.59 Å². The zero-order valence-corrected chi connectivity index (χ0v) is 21.0. The maximum Gasteiger partial charge on any atom is 0.343 e. The fourth-order valence-corrected chi connectivity index (χ4v) is 3.32. The van der Waals surface area contributed by atoms with E-state index in [1.54, 1.807) is 55.6 Å². The normalized spacial score (nSPS) is 10.3. The molecular weight excluding hydrogens is 472 g/mol. The lowest BCUT2D eigenvalue weighted by Gasteiger charge is -2.09. The summed E-state index contributed by atoms with van der Waals surface area (Å²) in [6, 6.07) is 21.4. The minimum atomic E-state index is -0.449. The van der Waals surface area contributed by atoms with E-state index in [1.807, 2.05) is 24.3 Å². The average Bonchev–Trinajstić information content (AvgIpc) is 2.94. The summed E-state index contributed by atoms with van der Waals surface area (Å²) in [5.41, 5.74) is 1.45. The molecule has 3 rings (SSSR count). The van der Waals surface area contributed by atoms with E-state index >= 15 is 0 Å². The monoisotopic (exact) mass is 504 g/mol. The molecule has 0 N–H and O–H groups in total. The van der Waals surface area contributed by atoms with Gasteiger partial charge >= 0.3 is 11.9 Å². The summed E-state index contributed by atoms with van der Waals surface area (Å²) >= 11 is 0. The van der Waals surface area contributed by atoms with E-state index in [2.05, 4.69) is 6.58 Å². The highest BCUT2D eigenvalue weighted by Gasteiger charge is 2.09. The Morgan fingerprint density at radius 3 is 1.92 bits per heavy atom. The van der Waals surface area contributed by atoms with E-state index < -0.39 is 5.97 Å². The second-order valence-electron chi connectivity index (χ2n) is 8.16. The molecule has 3 aromatic rings. The Labute approximate surface area is 217 Å². The van der Waals surface area contributed by atoms with Gasteiger partial charge in [-0.3, -0.25) is 0 Å². The standard InChI is InChI=1S/C30H32O7/c1-3-29(31)35-21-7-5-4-6-20-34-26-14-10-24(11-15-26)30(32)37-28-18-16-27(17-19-28)36-22-23-8-12-25(33-2)13-9-23/h3,8-19H,1,4-7,20-22H2,2H3. The third-order valence-electron chi connectivity index (χ3n) is 5.41. The maximum atomic E-state index is 12.5. The zero-order valence-electron chi connectivity index (χ0n) is 21.0. The summed E-state index contributed by atoms with van der Waals surface area (Å²) in [4.78, 5) is 23.4. The summed E-state index contributed by atoms with van der Waals surface area (Å²) < 4.78 is 27.1. The van der Waals surface area contributed by atoms with Gasteiger partial charge in [0.05, 0.1) is 25.9 Å². The average molecular weight is 505 g/mol. The quantitative estimate of drug-likeness (QED) is 0.106. The van der Waals surface area contributed by atoms with Crippen molar-refractivity contribution in [3.63, 3.8) is 0 Å². The molecule has 0 heterocycles. The number of methoxy groups -OCH3 is 1. The van der Waals surface area contributed by atoms with Crippen LogP contribution in [0.5, 0.6) is 23.0 Å². The Morgan fingerprint density at radius 2 is 1.27 bits per heavy atom. The first-order valence-corrected chi connectivity index (χ1v) is 12.2. The number of unbranched alkanes of at least 4 members (excludes halogenated alkanes) is 3. The summed E-state index contributed by atoms with van der Waals surface area (Å²) in [5.74, 6) is 1.76. The number of hydrogen-bond acceptors (Lipinski definition) is 7. The molecule has 7 heteroatoms. The van der Waals surface area contributed by atoms with Crippen LogP contribution >= 0.6 is 0 Å². The molecule has 0 aromatic heterocycles. The number of carbonyl (C=O) groups is 2. The number of benzene rings is 3. The molecule has 0 spiro atoms. The first-order chi connectivity index (χ1) is 18.1. The summed E-state index contributed by atoms with van der Waals surface area (Å²) in [5, 5.41) is 0. The van der Waals surface area contributed by atoms with E-state index in [4.69, 9.17) is 23.7 Å². The highest BCUT2D eigenvalue weighted by atomic mass is 16.5. The van der Waals surface area contributed by atoms with Crippen LogP contribution < -0.4 is 18.9 Å². The van der Waals surface area contributed by atoms with Crippen LogP contribution in [0.3, 0.4) is 0 Å². The molecule has 0 fully saturated rings. The molecular formula is C30H32O7. The fraction of sp³-hybridized carbons (Fsp3) is 0.267. The van der Waals surface area contributed by atoms with Gasteiger partial charge in [-0.25, -0.2) is 9.59 Å². The summed E-state index contributed by atoms with van der Waals surface area (Å²) in [6.07, 6.45) is 4.79. The number of hydrogen-bond donors (Lipinski definition) is 0. The van der Waals surface area contributed by atoms with Gasteiger partial charge in [-0.15, -0.1) is 0 Å². The fourth-order valence-electron chi connectivity index (χ4n) is 3.32. The van der Waals surface area contributed by atoms with Gasteiger partial charge in [0.15, 0.2) is 0 Å². The van der Waals surface area contributed by atoms with Crippen LogP contribution in [0.1, 0.15) is 41.6 Å². The van der Waals surface area contributed by atoms with Crippen LogP contribution in [-0.4, -0.2) is 32.3 Å². The minimum absolute atomic E-state index is 0.389. The lowest BCUT2D eigenvalue weighted by atomic mass is 10.2. The number of ether oxygens (including phenoxy) is 5. The first kappa shape index (κ1) is 27.3. The smallest absolute Gasteiger partial charge is 0.343 e. The molecule has 0 bridgehead atoms. The van der Waals surface area contributed by atoms with Gasteiger partial charge in [-0.05, 0) is 91.9 Å². The maximum absolute atomic E-state index is 12.5. The molecule has 0 aliphatic carbocycles. The van der Waals surface area contributed by atoms with E-state index in [1.165, 1.54) is 0 Å². The molecule has 0 amide bonds. The van der Waals surface area contributed by atoms with Crippen LogP contribution in [0.2, 0.25) is 0 Å². The Hall–Kier alpha value is -4.26. The van der Waals surface area contributed by atoms with Crippen molar-refractivity contribution in [3.05, 3.63) is 96.6 Å². The van der Waals surface area contributed by atoms with Crippen LogP contribution in [0.4, 0.5) is 0 Å². The van der Waals surface area contributed by atoms with Gasteiger partial charge < -0.3 is 23.7 Å². The lowest BCUT2D eigenvalue weighted by Crippen LogP contribution is -2.08. The molecule has 0 radical (unpaired) electrons. The number of carbonyl (C=O) groups excluding carboxylic acids is 2. The Bertz CT molecular complexity index is 1120. The minimum Gasteiger partial charge on any atom is -0.497 e. The predicted molar refractivity (Wildman–Crippen MR) is 140 cm³/mol. The number of esters is 2. The van der Waals surface area contributed by atoms with E-state index in [0.29, 0.717) is 42.6 Å². The molecule has 0 saturated heterocycles. The molecule has 3 aromatic carbocycles. The molecule has 7 nitrogen and oxygen atoms in total. The van der Waals surface area contributed by atoms with Gasteiger partial charge in [0.2, 0.25) is 0 Å². The molecule has 0 atom stereocenters. The first-order valence-electron chi connectivity index (χ1n) is 12.2. The second-order valence-corrected chi connectivity index (χ2v) is 8.16. The Kier molecular flexibility index (Phi) is 11.1. The van der Waals surface area contributed by atoms with Crippen molar-refractivity contribution < 1.29 is 33.3 Å². The molecule has 0 aliphatic rings. The Balaban J connectivity index is 1.35. The van der Waals surface area contributed by atoms with Gasteiger partial charge in [0.25, 0.3) is 0 Å². The number of rotatable bonds is 15. The van der Waals surface area contributed by atoms with Gasteiger partial charge in [0.1, 0.15) is 29.6 Å². The Morgan fingerprint density at radius 1 is 0.703 bits per heavy atom. The van der Waals surface area contributed by atoms with Gasteiger partial charge in [-0.1, -0.05) is 18.7 Å². The zero-order chi connectivity index (χ0) is 26.3. The van der Waals surface area contributed by atoms with Crippen molar-refractivity contribution in [2.75, 3.05) is 20.3 Å². The van der Waals surface area contributed by atoms with Crippen molar-refractivity contribution in [2.45, 2.75) is 32.3 Å². The molecule has 0 unspecified atom stereocenters. The van der Waals surface area contributed by atoms with Crippen molar-refractivity contribution in [3.8, 4) is 23.0 Å². The SMILES string of the molecule is C=CC(=O)OCCCCCCOc1ccc(C(=O)Oc2ccc(OCc3ccc(OC)cc3)cc2)cc1. The van der Waals surface area contributed by atoms with Crippen LogP contribution in [0.15, 0.2) is 85.5 Å². The van der Waals surface area contributed by atoms with Crippen molar-refractivity contribution in [1.82, 2.24) is 0 Å². The van der Waals surface area contributed by atoms with Crippen molar-refractivity contribution >= 4 is 11.9 Å². The molecule has 37 heavy (non-hydrogen) atoms. The van der Waals surface area contributed by atoms with Gasteiger partial charge in [-0.2, -0.15) is 0 Å². The largest absolute Gasteiger partial charge is 0.497 e. The third-order valence-corrected chi connectivity index (χ3v) is 5.41. The van der Waals surface area contributed by atoms with Crippen molar-refractivity contribution in [1.29, 1.82) is 0 Å². The molecule has 0 saturated carbocycles.